The third-order valence-corrected chi connectivity index (χ3v) is 5.30. The number of ether oxygens (including phenoxy) is 4. The van der Waals surface area contributed by atoms with E-state index in [0.717, 1.165) is 12.8 Å². The fourth-order valence-corrected chi connectivity index (χ4v) is 3.37. The van der Waals surface area contributed by atoms with Crippen LogP contribution in [0.25, 0.3) is 0 Å². The SMILES string of the molecule is CN[C@H](C(=O)C[C@@H](CCCCNC(=O)CCOCCOCCOCCOC)C(C)=O)C(C)C. The van der Waals surface area contributed by atoms with Gasteiger partial charge in [0.1, 0.15) is 5.78 Å². The van der Waals surface area contributed by atoms with E-state index in [2.05, 4.69) is 10.6 Å². The molecule has 1 amide bonds. The van der Waals surface area contributed by atoms with Crippen molar-refractivity contribution in [3.05, 3.63) is 0 Å². The molecule has 2 N–H and O–H groups in total. The number of carbonyl (C=O) groups excluding carboxylic acids is 3. The Hall–Kier alpha value is -1.39. The highest BCUT2D eigenvalue weighted by molar-refractivity contribution is 5.89. The van der Waals surface area contributed by atoms with Gasteiger partial charge in [-0.1, -0.05) is 20.3 Å². The number of likely N-dealkylation sites (N-methyl/N-ethyl adjacent to an activating group) is 1. The predicted molar refractivity (Wildman–Crippen MR) is 127 cm³/mol. The lowest BCUT2D eigenvalue weighted by Gasteiger charge is -2.21. The minimum Gasteiger partial charge on any atom is -0.382 e. The molecule has 0 bridgehead atoms. The fraction of sp³-hybridized carbons (Fsp3) is 0.875. The quantitative estimate of drug-likeness (QED) is 0.216. The van der Waals surface area contributed by atoms with Crippen LogP contribution in [0.2, 0.25) is 0 Å². The Balaban J connectivity index is 3.76. The highest BCUT2D eigenvalue weighted by atomic mass is 16.6. The van der Waals surface area contributed by atoms with Crippen molar-refractivity contribution in [1.29, 1.82) is 0 Å². The van der Waals surface area contributed by atoms with Crippen molar-refractivity contribution in [2.75, 3.05) is 67.0 Å². The molecule has 0 saturated carbocycles. The Bertz CT molecular complexity index is 529. The summed E-state index contributed by atoms with van der Waals surface area (Å²) in [4.78, 5) is 36.3. The van der Waals surface area contributed by atoms with Crippen molar-refractivity contribution in [3.63, 3.8) is 0 Å². The summed E-state index contributed by atoms with van der Waals surface area (Å²) in [6, 6.07) is -0.222. The van der Waals surface area contributed by atoms with Crippen molar-refractivity contribution in [1.82, 2.24) is 10.6 Å². The average Bonchev–Trinajstić information content (AvgIpc) is 2.76. The van der Waals surface area contributed by atoms with E-state index in [1.54, 1.807) is 21.1 Å². The number of hydrogen-bond acceptors (Lipinski definition) is 8. The molecule has 0 unspecified atom stereocenters. The summed E-state index contributed by atoms with van der Waals surface area (Å²) in [7, 11) is 3.40. The van der Waals surface area contributed by atoms with Gasteiger partial charge in [-0.25, -0.2) is 0 Å². The summed E-state index contributed by atoms with van der Waals surface area (Å²) < 4.78 is 20.9. The van der Waals surface area contributed by atoms with E-state index in [-0.39, 0.29) is 41.8 Å². The molecular weight excluding hydrogens is 428 g/mol. The molecule has 0 heterocycles. The summed E-state index contributed by atoms with van der Waals surface area (Å²) in [6.45, 7) is 9.46. The van der Waals surface area contributed by atoms with E-state index in [9.17, 15) is 14.4 Å². The average molecular weight is 475 g/mol. The molecule has 0 aliphatic rings. The van der Waals surface area contributed by atoms with Crippen LogP contribution in [0.5, 0.6) is 0 Å². The molecule has 0 rings (SSSR count). The maximum atomic E-state index is 12.5. The number of unbranched alkanes of at least 4 members (excludes halogenated alkanes) is 1. The van der Waals surface area contributed by atoms with Crippen molar-refractivity contribution >= 4 is 17.5 Å². The minimum atomic E-state index is -0.254. The van der Waals surface area contributed by atoms with Crippen molar-refractivity contribution in [3.8, 4) is 0 Å². The van der Waals surface area contributed by atoms with Crippen LogP contribution >= 0.6 is 0 Å². The highest BCUT2D eigenvalue weighted by Crippen LogP contribution is 2.17. The lowest BCUT2D eigenvalue weighted by atomic mass is 9.88. The maximum absolute atomic E-state index is 12.5. The monoisotopic (exact) mass is 474 g/mol. The third-order valence-electron chi connectivity index (χ3n) is 5.30. The van der Waals surface area contributed by atoms with Gasteiger partial charge in [-0.05, 0) is 32.7 Å². The highest BCUT2D eigenvalue weighted by Gasteiger charge is 2.25. The van der Waals surface area contributed by atoms with E-state index in [1.165, 1.54) is 0 Å². The lowest BCUT2D eigenvalue weighted by Crippen LogP contribution is -2.40. The normalized spacial score (nSPS) is 13.2. The molecule has 194 valence electrons. The fourth-order valence-electron chi connectivity index (χ4n) is 3.37. The number of ketones is 2. The summed E-state index contributed by atoms with van der Waals surface area (Å²) in [5.74, 6) is 0.00473. The van der Waals surface area contributed by atoms with Gasteiger partial charge in [-0.15, -0.1) is 0 Å². The van der Waals surface area contributed by atoms with Crippen LogP contribution in [0.3, 0.4) is 0 Å². The molecule has 0 aliphatic carbocycles. The van der Waals surface area contributed by atoms with Crippen LogP contribution in [0, 0.1) is 11.8 Å². The van der Waals surface area contributed by atoms with Gasteiger partial charge in [0.15, 0.2) is 5.78 Å². The van der Waals surface area contributed by atoms with E-state index in [1.807, 2.05) is 13.8 Å². The molecule has 0 aliphatic heterocycles. The number of rotatable bonds is 23. The standard InChI is InChI=1S/C24H46N2O7/c1-19(2)24(25-4)22(28)18-21(20(3)27)8-6-7-10-26-23(29)9-11-31-14-15-33-17-16-32-13-12-30-5/h19,21,24-25H,6-18H2,1-5H3,(H,26,29)/t21-,24+/m1/s1. The van der Waals surface area contributed by atoms with Crippen LogP contribution in [0.4, 0.5) is 0 Å². The zero-order valence-corrected chi connectivity index (χ0v) is 21.3. The Morgan fingerprint density at radius 3 is 1.94 bits per heavy atom. The molecule has 0 aromatic carbocycles. The molecular formula is C24H46N2O7. The van der Waals surface area contributed by atoms with E-state index in [4.69, 9.17) is 18.9 Å². The number of Topliss-reactive ketones (excluding diaryl/α,β-unsaturated/α-hetero) is 2. The van der Waals surface area contributed by atoms with Gasteiger partial charge >= 0.3 is 0 Å². The Labute approximate surface area is 199 Å². The van der Waals surface area contributed by atoms with Gasteiger partial charge in [-0.2, -0.15) is 0 Å². The van der Waals surface area contributed by atoms with Gasteiger partial charge in [0.25, 0.3) is 0 Å². The summed E-state index contributed by atoms with van der Waals surface area (Å²) in [5.41, 5.74) is 0. The maximum Gasteiger partial charge on any atom is 0.222 e. The van der Waals surface area contributed by atoms with Crippen LogP contribution in [-0.4, -0.2) is 90.5 Å². The summed E-state index contributed by atoms with van der Waals surface area (Å²) in [6.07, 6.45) is 2.78. The number of hydrogen-bond donors (Lipinski definition) is 2. The topological polar surface area (TPSA) is 112 Å². The van der Waals surface area contributed by atoms with Crippen LogP contribution < -0.4 is 10.6 Å². The zero-order chi connectivity index (χ0) is 24.9. The molecule has 9 heteroatoms. The number of methoxy groups -OCH3 is 1. The number of carbonyl (C=O) groups is 3. The Morgan fingerprint density at radius 1 is 0.848 bits per heavy atom. The first kappa shape index (κ1) is 31.6. The smallest absolute Gasteiger partial charge is 0.222 e. The minimum absolute atomic E-state index is 0.0470. The Kier molecular flexibility index (Phi) is 20.3. The predicted octanol–water partition coefficient (Wildman–Crippen LogP) is 1.77. The van der Waals surface area contributed by atoms with Gasteiger partial charge in [0.2, 0.25) is 5.91 Å². The molecule has 0 fully saturated rings. The molecule has 9 nitrogen and oxygen atoms in total. The van der Waals surface area contributed by atoms with Gasteiger partial charge < -0.3 is 29.6 Å². The summed E-state index contributed by atoms with van der Waals surface area (Å²) in [5, 5.41) is 5.91. The lowest BCUT2D eigenvalue weighted by molar-refractivity contribution is -0.128. The molecule has 2 atom stereocenters. The number of nitrogens with one attached hydrogen (secondary N) is 2. The molecule has 0 aromatic rings. The van der Waals surface area contributed by atoms with Gasteiger partial charge in [0, 0.05) is 32.4 Å². The number of amides is 1. The van der Waals surface area contributed by atoms with Crippen LogP contribution in [0.15, 0.2) is 0 Å². The van der Waals surface area contributed by atoms with Crippen LogP contribution in [-0.2, 0) is 33.3 Å². The van der Waals surface area contributed by atoms with Gasteiger partial charge in [-0.3, -0.25) is 14.4 Å². The van der Waals surface area contributed by atoms with Crippen molar-refractivity contribution in [2.24, 2.45) is 11.8 Å². The molecule has 33 heavy (non-hydrogen) atoms. The molecule has 0 aromatic heterocycles. The van der Waals surface area contributed by atoms with E-state index >= 15 is 0 Å². The second kappa shape index (κ2) is 21.2. The first-order valence-electron chi connectivity index (χ1n) is 12.0. The first-order valence-corrected chi connectivity index (χ1v) is 12.0. The second-order valence-corrected chi connectivity index (χ2v) is 8.41. The van der Waals surface area contributed by atoms with Crippen molar-refractivity contribution < 1.29 is 33.3 Å². The summed E-state index contributed by atoms with van der Waals surface area (Å²) >= 11 is 0. The third kappa shape index (κ3) is 17.7. The van der Waals surface area contributed by atoms with E-state index < -0.39 is 0 Å². The van der Waals surface area contributed by atoms with Crippen LogP contribution in [0.1, 0.15) is 52.9 Å². The Morgan fingerprint density at radius 2 is 1.42 bits per heavy atom. The van der Waals surface area contributed by atoms with E-state index in [0.29, 0.717) is 65.6 Å². The molecule has 0 saturated heterocycles. The van der Waals surface area contributed by atoms with Crippen molar-refractivity contribution in [2.45, 2.75) is 58.9 Å². The van der Waals surface area contributed by atoms with Gasteiger partial charge in [0.05, 0.1) is 52.3 Å². The zero-order valence-electron chi connectivity index (χ0n) is 21.3. The largest absolute Gasteiger partial charge is 0.382 e. The second-order valence-electron chi connectivity index (χ2n) is 8.41. The first-order chi connectivity index (χ1) is 15.8. The molecule has 0 radical (unpaired) electrons. The molecule has 0 spiro atoms.